The predicted molar refractivity (Wildman–Crippen MR) is 142 cm³/mol. The van der Waals surface area contributed by atoms with Gasteiger partial charge in [0.1, 0.15) is 0 Å². The maximum absolute atomic E-state index is 13.5. The molecule has 4 aliphatic rings. The summed E-state index contributed by atoms with van der Waals surface area (Å²) in [5.74, 6) is -0.339. The number of amides is 3. The van der Waals surface area contributed by atoms with Crippen molar-refractivity contribution in [2.24, 2.45) is 5.92 Å². The zero-order valence-electron chi connectivity index (χ0n) is 20.6. The smallest absolute Gasteiger partial charge is 0.257 e. The van der Waals surface area contributed by atoms with Gasteiger partial charge < -0.3 is 15.1 Å². The van der Waals surface area contributed by atoms with Gasteiger partial charge in [-0.3, -0.25) is 19.7 Å². The fraction of sp³-hybridized carbons (Fsp3) is 0.357. The summed E-state index contributed by atoms with van der Waals surface area (Å²) in [7, 11) is 2.09. The quantitative estimate of drug-likeness (QED) is 0.652. The molecular weight excluding hydrogens is 486 g/mol. The molecule has 6 rings (SSSR count). The Morgan fingerprint density at radius 3 is 2.97 bits per heavy atom. The molecule has 1 fully saturated rings. The van der Waals surface area contributed by atoms with E-state index in [9.17, 15) is 14.4 Å². The van der Waals surface area contributed by atoms with Gasteiger partial charge in [-0.15, -0.1) is 11.3 Å². The van der Waals surface area contributed by atoms with Crippen molar-refractivity contribution >= 4 is 34.2 Å². The summed E-state index contributed by atoms with van der Waals surface area (Å²) in [5.41, 5.74) is 3.24. The van der Waals surface area contributed by atoms with Crippen molar-refractivity contribution in [3.63, 3.8) is 0 Å². The Morgan fingerprint density at radius 2 is 2.08 bits per heavy atom. The van der Waals surface area contributed by atoms with Crippen LogP contribution in [-0.2, 0) is 22.6 Å². The number of likely N-dealkylation sites (N-methyl/N-ethyl adjacent to an activating group) is 1. The van der Waals surface area contributed by atoms with E-state index in [1.165, 1.54) is 11.0 Å². The van der Waals surface area contributed by atoms with Crippen LogP contribution in [0.4, 0.5) is 5.13 Å². The number of carbonyl (C=O) groups excluding carboxylic acids is 3. The number of aromatic nitrogens is 1. The molecule has 3 amide bonds. The molecular formula is C28H29N5O3S. The highest BCUT2D eigenvalue weighted by molar-refractivity contribution is 7.15. The third kappa shape index (κ3) is 4.76. The second kappa shape index (κ2) is 9.72. The van der Waals surface area contributed by atoms with Crippen LogP contribution in [0.1, 0.15) is 45.4 Å². The Kier molecular flexibility index (Phi) is 6.26. The number of fused-ring (bicyclic) bond motifs is 2. The van der Waals surface area contributed by atoms with E-state index in [0.717, 1.165) is 43.6 Å². The minimum atomic E-state index is -0.188. The van der Waals surface area contributed by atoms with E-state index in [1.807, 2.05) is 47.4 Å². The molecule has 2 aromatic rings. The molecule has 2 unspecified atom stereocenters. The number of carbonyl (C=O) groups is 3. The van der Waals surface area contributed by atoms with Gasteiger partial charge >= 0.3 is 0 Å². The average Bonchev–Trinajstić information content (AvgIpc) is 3.54. The summed E-state index contributed by atoms with van der Waals surface area (Å²) >= 11 is 1.54. The van der Waals surface area contributed by atoms with Gasteiger partial charge in [-0.2, -0.15) is 0 Å². The number of nitrogens with one attached hydrogen (secondary N) is 2. The van der Waals surface area contributed by atoms with Gasteiger partial charge in [0.15, 0.2) is 5.13 Å². The van der Waals surface area contributed by atoms with Gasteiger partial charge in [0, 0.05) is 48.0 Å². The summed E-state index contributed by atoms with van der Waals surface area (Å²) in [6.07, 6.45) is 11.7. The van der Waals surface area contributed by atoms with Crippen molar-refractivity contribution in [2.45, 2.75) is 37.9 Å². The minimum absolute atomic E-state index is 0.0179. The second-order valence-electron chi connectivity index (χ2n) is 10.1. The van der Waals surface area contributed by atoms with Crippen molar-refractivity contribution in [1.82, 2.24) is 20.1 Å². The lowest BCUT2D eigenvalue weighted by atomic mass is 9.88. The average molecular weight is 516 g/mol. The molecule has 3 atom stereocenters. The molecule has 0 bridgehead atoms. The van der Waals surface area contributed by atoms with E-state index in [1.54, 1.807) is 17.4 Å². The largest absolute Gasteiger partial charge is 0.345 e. The SMILES string of the molecule is CN1CCc2nc(NC(=O)c3cccc([C@H]4CCCN4C(=O)C4=CC5C=CC(=O)NC5C=C4)c3)sc2C1. The molecule has 1 saturated heterocycles. The van der Waals surface area contributed by atoms with Gasteiger partial charge in [0.25, 0.3) is 11.8 Å². The lowest BCUT2D eigenvalue weighted by Gasteiger charge is -2.30. The lowest BCUT2D eigenvalue weighted by molar-refractivity contribution is -0.127. The normalized spacial score (nSPS) is 24.8. The highest BCUT2D eigenvalue weighted by Gasteiger charge is 2.33. The first-order chi connectivity index (χ1) is 17.9. The Morgan fingerprint density at radius 1 is 1.19 bits per heavy atom. The van der Waals surface area contributed by atoms with Crippen LogP contribution in [0.5, 0.6) is 0 Å². The molecule has 37 heavy (non-hydrogen) atoms. The first kappa shape index (κ1) is 23.8. The summed E-state index contributed by atoms with van der Waals surface area (Å²) in [5, 5.41) is 6.52. The summed E-state index contributed by atoms with van der Waals surface area (Å²) in [6, 6.07) is 7.38. The Labute approximate surface area is 219 Å². The van der Waals surface area contributed by atoms with Crippen LogP contribution in [0.3, 0.4) is 0 Å². The Balaban J connectivity index is 1.17. The number of anilines is 1. The van der Waals surface area contributed by atoms with Crippen LogP contribution in [0.15, 0.2) is 60.2 Å². The summed E-state index contributed by atoms with van der Waals surface area (Å²) < 4.78 is 0. The maximum Gasteiger partial charge on any atom is 0.257 e. The third-order valence-corrected chi connectivity index (χ3v) is 8.48. The van der Waals surface area contributed by atoms with E-state index in [2.05, 4.69) is 27.6 Å². The highest BCUT2D eigenvalue weighted by atomic mass is 32.1. The molecule has 2 N–H and O–H groups in total. The summed E-state index contributed by atoms with van der Waals surface area (Å²) in [6.45, 7) is 2.51. The Bertz CT molecular complexity index is 1360. The van der Waals surface area contributed by atoms with Crippen LogP contribution in [-0.4, -0.2) is 58.7 Å². The predicted octanol–water partition coefficient (Wildman–Crippen LogP) is 3.21. The van der Waals surface area contributed by atoms with Crippen molar-refractivity contribution in [1.29, 1.82) is 0 Å². The zero-order chi connectivity index (χ0) is 25.5. The maximum atomic E-state index is 13.5. The molecule has 0 spiro atoms. The van der Waals surface area contributed by atoms with Crippen LogP contribution in [0.25, 0.3) is 0 Å². The van der Waals surface area contributed by atoms with Gasteiger partial charge in [-0.25, -0.2) is 4.98 Å². The topological polar surface area (TPSA) is 94.6 Å². The van der Waals surface area contributed by atoms with E-state index in [4.69, 9.17) is 0 Å². The zero-order valence-corrected chi connectivity index (χ0v) is 21.5. The monoisotopic (exact) mass is 515 g/mol. The standard InChI is InChI=1S/C28H29N5O3S/c1-32-13-11-22-24(16-32)37-28(30-22)31-26(35)19-5-2-4-18(15-19)23-6-3-12-33(23)27(36)20-7-9-21-17(14-20)8-10-25(34)29-21/h2,4-5,7-10,14-15,17,21,23H,3,6,11-13,16H2,1H3,(H,29,34)(H,30,31,35)/t17?,21?,23-/m1/s1. The van der Waals surface area contributed by atoms with Crippen LogP contribution in [0.2, 0.25) is 0 Å². The first-order valence-corrected chi connectivity index (χ1v) is 13.5. The molecule has 0 radical (unpaired) electrons. The number of hydrogen-bond acceptors (Lipinski definition) is 6. The lowest BCUT2D eigenvalue weighted by Crippen LogP contribution is -2.42. The van der Waals surface area contributed by atoms with Crippen molar-refractivity contribution < 1.29 is 14.4 Å². The minimum Gasteiger partial charge on any atom is -0.345 e. The number of rotatable bonds is 4. The molecule has 0 saturated carbocycles. The summed E-state index contributed by atoms with van der Waals surface area (Å²) in [4.78, 5) is 48.2. The van der Waals surface area contributed by atoms with Gasteiger partial charge in [0.05, 0.1) is 17.8 Å². The number of benzene rings is 1. The molecule has 9 heteroatoms. The van der Waals surface area contributed by atoms with E-state index < -0.39 is 0 Å². The number of nitrogens with zero attached hydrogens (tertiary/aromatic N) is 3. The number of likely N-dealkylation sites (tertiary alicyclic amines) is 1. The van der Waals surface area contributed by atoms with E-state index >= 15 is 0 Å². The molecule has 1 aromatic heterocycles. The Hall–Kier alpha value is -3.56. The van der Waals surface area contributed by atoms with Crippen LogP contribution >= 0.6 is 11.3 Å². The van der Waals surface area contributed by atoms with Crippen LogP contribution < -0.4 is 10.6 Å². The second-order valence-corrected chi connectivity index (χ2v) is 11.1. The molecule has 1 aromatic carbocycles. The van der Waals surface area contributed by atoms with Crippen molar-refractivity contribution in [2.75, 3.05) is 25.5 Å². The molecule has 3 aliphatic heterocycles. The van der Waals surface area contributed by atoms with E-state index in [0.29, 0.717) is 22.8 Å². The van der Waals surface area contributed by atoms with Gasteiger partial charge in [-0.05, 0) is 43.7 Å². The van der Waals surface area contributed by atoms with Crippen molar-refractivity contribution in [3.05, 3.63) is 81.9 Å². The molecule has 1 aliphatic carbocycles. The number of thiazole rings is 1. The molecule has 8 nitrogen and oxygen atoms in total. The highest BCUT2D eigenvalue weighted by Crippen LogP contribution is 2.35. The first-order valence-electron chi connectivity index (χ1n) is 12.7. The van der Waals surface area contributed by atoms with Crippen LogP contribution in [0, 0.1) is 5.92 Å². The van der Waals surface area contributed by atoms with E-state index in [-0.39, 0.29) is 35.7 Å². The third-order valence-electron chi connectivity index (χ3n) is 7.49. The van der Waals surface area contributed by atoms with Gasteiger partial charge in [-0.1, -0.05) is 36.4 Å². The van der Waals surface area contributed by atoms with Gasteiger partial charge in [0.2, 0.25) is 5.91 Å². The fourth-order valence-corrected chi connectivity index (χ4v) is 6.61. The van der Waals surface area contributed by atoms with Crippen molar-refractivity contribution in [3.8, 4) is 0 Å². The fourth-order valence-electron chi connectivity index (χ4n) is 5.53. The molecule has 4 heterocycles. The number of hydrogen-bond donors (Lipinski definition) is 2. The molecule has 190 valence electrons.